The molecule has 1 saturated carbocycles. The molecule has 0 bridgehead atoms. The summed E-state index contributed by atoms with van der Waals surface area (Å²) >= 11 is 0. The van der Waals surface area contributed by atoms with Crippen LogP contribution in [0.15, 0.2) is 0 Å². The minimum atomic E-state index is -0.340. The van der Waals surface area contributed by atoms with Crippen molar-refractivity contribution in [3.8, 4) is 0 Å². The second-order valence-corrected chi connectivity index (χ2v) is 4.89. The average molecular weight is 239 g/mol. The number of likely N-dealkylation sites (tertiary alicyclic amines) is 1. The molecule has 1 atom stereocenters. The van der Waals surface area contributed by atoms with E-state index in [2.05, 4.69) is 5.32 Å². The Labute approximate surface area is 102 Å². The van der Waals surface area contributed by atoms with E-state index < -0.39 is 0 Å². The monoisotopic (exact) mass is 239 g/mol. The number of amides is 2. The van der Waals surface area contributed by atoms with Crippen LogP contribution in [0.1, 0.15) is 38.5 Å². The van der Waals surface area contributed by atoms with E-state index in [0.29, 0.717) is 19.5 Å². The molecule has 3 N–H and O–H groups in total. The van der Waals surface area contributed by atoms with Crippen LogP contribution in [0.25, 0.3) is 0 Å². The summed E-state index contributed by atoms with van der Waals surface area (Å²) in [5, 5.41) is 3.04. The molecule has 1 unspecified atom stereocenters. The lowest BCUT2D eigenvalue weighted by Gasteiger charge is -2.29. The molecule has 1 heterocycles. The van der Waals surface area contributed by atoms with Crippen LogP contribution in [-0.4, -0.2) is 41.9 Å². The highest BCUT2D eigenvalue weighted by Gasteiger charge is 2.41. The maximum atomic E-state index is 12.1. The molecule has 0 aromatic carbocycles. The van der Waals surface area contributed by atoms with Gasteiger partial charge in [0.15, 0.2) is 0 Å². The lowest BCUT2D eigenvalue weighted by molar-refractivity contribution is -0.142. The van der Waals surface area contributed by atoms with Crippen LogP contribution in [0, 0.1) is 0 Å². The van der Waals surface area contributed by atoms with Crippen molar-refractivity contribution in [1.82, 2.24) is 10.2 Å². The summed E-state index contributed by atoms with van der Waals surface area (Å²) in [6.45, 7) is 1.07. The van der Waals surface area contributed by atoms with Gasteiger partial charge < -0.3 is 11.1 Å². The summed E-state index contributed by atoms with van der Waals surface area (Å²) in [4.78, 5) is 25.5. The van der Waals surface area contributed by atoms with E-state index in [4.69, 9.17) is 5.73 Å². The maximum Gasteiger partial charge on any atom is 0.247 e. The molecular weight excluding hydrogens is 218 g/mol. The van der Waals surface area contributed by atoms with Crippen molar-refractivity contribution in [2.24, 2.45) is 5.73 Å². The number of carbonyl (C=O) groups excluding carboxylic acids is 2. The normalized spacial score (nSPS) is 26.9. The van der Waals surface area contributed by atoms with Gasteiger partial charge >= 0.3 is 0 Å². The molecule has 1 saturated heterocycles. The van der Waals surface area contributed by atoms with Crippen LogP contribution in [-0.2, 0) is 9.59 Å². The number of carbonyl (C=O) groups is 2. The standard InChI is InChI=1S/C12H21N3O2/c13-6-7-14-10-8-11(16)15(12(10)17)9-4-2-1-3-5-9/h9-10,14H,1-8,13H2. The molecule has 2 rings (SSSR count). The zero-order valence-corrected chi connectivity index (χ0v) is 10.2. The maximum absolute atomic E-state index is 12.1. The quantitative estimate of drug-likeness (QED) is 0.677. The van der Waals surface area contributed by atoms with Crippen molar-refractivity contribution < 1.29 is 9.59 Å². The summed E-state index contributed by atoms with van der Waals surface area (Å²) in [7, 11) is 0. The molecule has 17 heavy (non-hydrogen) atoms. The van der Waals surface area contributed by atoms with Crippen LogP contribution in [0.4, 0.5) is 0 Å². The number of imide groups is 1. The van der Waals surface area contributed by atoms with Crippen LogP contribution < -0.4 is 11.1 Å². The van der Waals surface area contributed by atoms with E-state index in [-0.39, 0.29) is 23.9 Å². The smallest absolute Gasteiger partial charge is 0.247 e. The Kier molecular flexibility index (Phi) is 4.12. The zero-order chi connectivity index (χ0) is 12.3. The summed E-state index contributed by atoms with van der Waals surface area (Å²) in [6.07, 6.45) is 5.73. The number of nitrogens with zero attached hydrogens (tertiary/aromatic N) is 1. The molecule has 0 aromatic rings. The van der Waals surface area contributed by atoms with Crippen molar-refractivity contribution in [3.63, 3.8) is 0 Å². The molecule has 96 valence electrons. The number of nitrogens with two attached hydrogens (primary N) is 1. The highest BCUT2D eigenvalue weighted by molar-refractivity contribution is 6.05. The van der Waals surface area contributed by atoms with Gasteiger partial charge in [0.2, 0.25) is 11.8 Å². The number of rotatable bonds is 4. The van der Waals surface area contributed by atoms with Gasteiger partial charge in [-0.3, -0.25) is 14.5 Å². The van der Waals surface area contributed by atoms with Gasteiger partial charge in [-0.25, -0.2) is 0 Å². The number of hydrogen-bond acceptors (Lipinski definition) is 4. The molecular formula is C12H21N3O2. The van der Waals surface area contributed by atoms with Crippen molar-refractivity contribution >= 4 is 11.8 Å². The lowest BCUT2D eigenvalue weighted by atomic mass is 9.94. The van der Waals surface area contributed by atoms with Crippen molar-refractivity contribution in [3.05, 3.63) is 0 Å². The van der Waals surface area contributed by atoms with Crippen molar-refractivity contribution in [2.45, 2.75) is 50.6 Å². The predicted molar refractivity (Wildman–Crippen MR) is 64.2 cm³/mol. The molecule has 0 spiro atoms. The third-order valence-corrected chi connectivity index (χ3v) is 3.66. The second kappa shape index (κ2) is 5.60. The second-order valence-electron chi connectivity index (χ2n) is 4.89. The molecule has 1 aliphatic carbocycles. The highest BCUT2D eigenvalue weighted by atomic mass is 16.2. The Balaban J connectivity index is 1.97. The topological polar surface area (TPSA) is 75.4 Å². The zero-order valence-electron chi connectivity index (χ0n) is 10.2. The Hall–Kier alpha value is -0.940. The first kappa shape index (κ1) is 12.5. The van der Waals surface area contributed by atoms with E-state index in [1.54, 1.807) is 0 Å². The fourth-order valence-electron chi connectivity index (χ4n) is 2.79. The summed E-state index contributed by atoms with van der Waals surface area (Å²) in [5.41, 5.74) is 5.39. The number of nitrogens with one attached hydrogen (secondary N) is 1. The van der Waals surface area contributed by atoms with E-state index in [1.807, 2.05) is 0 Å². The third-order valence-electron chi connectivity index (χ3n) is 3.66. The van der Waals surface area contributed by atoms with Gasteiger partial charge in [-0.05, 0) is 12.8 Å². The van der Waals surface area contributed by atoms with Crippen molar-refractivity contribution in [2.75, 3.05) is 13.1 Å². The fourth-order valence-corrected chi connectivity index (χ4v) is 2.79. The third kappa shape index (κ3) is 2.66. The van der Waals surface area contributed by atoms with Gasteiger partial charge in [0.1, 0.15) is 0 Å². The Morgan fingerprint density at radius 2 is 1.94 bits per heavy atom. The van der Waals surface area contributed by atoms with Gasteiger partial charge in [0.05, 0.1) is 12.5 Å². The molecule has 2 amide bonds. The van der Waals surface area contributed by atoms with E-state index in [0.717, 1.165) is 25.7 Å². The average Bonchev–Trinajstić information content (AvgIpc) is 2.63. The molecule has 2 aliphatic rings. The number of hydrogen-bond donors (Lipinski definition) is 2. The van der Waals surface area contributed by atoms with Gasteiger partial charge in [0.25, 0.3) is 0 Å². The predicted octanol–water partition coefficient (Wildman–Crippen LogP) is -0.00510. The Bertz CT molecular complexity index is 300. The minimum absolute atomic E-state index is 0.0172. The van der Waals surface area contributed by atoms with E-state index in [9.17, 15) is 9.59 Å². The minimum Gasteiger partial charge on any atom is -0.329 e. The van der Waals surface area contributed by atoms with Crippen LogP contribution in [0.3, 0.4) is 0 Å². The highest BCUT2D eigenvalue weighted by Crippen LogP contribution is 2.27. The SMILES string of the molecule is NCCNC1CC(=O)N(C2CCCCC2)C1=O. The van der Waals surface area contributed by atoms with Gasteiger partial charge in [-0.1, -0.05) is 19.3 Å². The van der Waals surface area contributed by atoms with Gasteiger partial charge in [-0.15, -0.1) is 0 Å². The van der Waals surface area contributed by atoms with Gasteiger partial charge in [0, 0.05) is 19.1 Å². The van der Waals surface area contributed by atoms with E-state index in [1.165, 1.54) is 11.3 Å². The summed E-state index contributed by atoms with van der Waals surface area (Å²) in [5.74, 6) is -0.0632. The van der Waals surface area contributed by atoms with E-state index >= 15 is 0 Å². The van der Waals surface area contributed by atoms with Crippen LogP contribution in [0.5, 0.6) is 0 Å². The fraction of sp³-hybridized carbons (Fsp3) is 0.833. The lowest BCUT2D eigenvalue weighted by Crippen LogP contribution is -2.45. The molecule has 0 aromatic heterocycles. The summed E-state index contributed by atoms with van der Waals surface area (Å²) in [6, 6.07) is -0.193. The summed E-state index contributed by atoms with van der Waals surface area (Å²) < 4.78 is 0. The molecule has 2 fully saturated rings. The molecule has 5 heteroatoms. The Morgan fingerprint density at radius 3 is 2.59 bits per heavy atom. The first-order valence-electron chi connectivity index (χ1n) is 6.53. The molecule has 0 radical (unpaired) electrons. The largest absolute Gasteiger partial charge is 0.329 e. The molecule has 5 nitrogen and oxygen atoms in total. The first-order valence-corrected chi connectivity index (χ1v) is 6.53. The van der Waals surface area contributed by atoms with Gasteiger partial charge in [-0.2, -0.15) is 0 Å². The van der Waals surface area contributed by atoms with Crippen LogP contribution >= 0.6 is 0 Å². The first-order chi connectivity index (χ1) is 8.24. The molecule has 1 aliphatic heterocycles. The Morgan fingerprint density at radius 1 is 1.24 bits per heavy atom. The van der Waals surface area contributed by atoms with Crippen LogP contribution in [0.2, 0.25) is 0 Å². The van der Waals surface area contributed by atoms with Crippen molar-refractivity contribution in [1.29, 1.82) is 0 Å².